The monoisotopic (exact) mass is 337 g/mol. The number of hydrogen-bond donors (Lipinski definition) is 1. The summed E-state index contributed by atoms with van der Waals surface area (Å²) in [4.78, 5) is 7.24. The second-order valence-corrected chi connectivity index (χ2v) is 7.09. The predicted molar refractivity (Wildman–Crippen MR) is 88.7 cm³/mol. The van der Waals surface area contributed by atoms with Crippen LogP contribution in [0.1, 0.15) is 16.3 Å². The summed E-state index contributed by atoms with van der Waals surface area (Å²) in [5.41, 5.74) is 4.42. The van der Waals surface area contributed by atoms with Crippen molar-refractivity contribution in [3.05, 3.63) is 44.5 Å². The molecule has 21 heavy (non-hydrogen) atoms. The van der Waals surface area contributed by atoms with Crippen molar-refractivity contribution >= 4 is 39.5 Å². The molecule has 3 nitrogen and oxygen atoms in total. The molecule has 1 N–H and O–H groups in total. The Labute approximate surface area is 136 Å². The number of hydrogen-bond acceptors (Lipinski definition) is 3. The maximum Gasteiger partial charge on any atom is 0.194 e. The third kappa shape index (κ3) is 2.09. The fourth-order valence-electron chi connectivity index (χ4n) is 2.89. The molecule has 0 spiro atoms. The van der Waals surface area contributed by atoms with Crippen molar-refractivity contribution in [2.75, 3.05) is 6.54 Å². The Balaban J connectivity index is 1.94. The Morgan fingerprint density at radius 1 is 1.33 bits per heavy atom. The van der Waals surface area contributed by atoms with E-state index in [4.69, 9.17) is 28.2 Å². The number of rotatable bonds is 1. The number of fused-ring (bicyclic) bond motifs is 3. The second kappa shape index (κ2) is 4.99. The standard InChI is InChI=1S/C15H13Cl2N3S/c1-8-14(10-3-2-9(16)6-11(10)17)19-15-20(8)12-4-5-18-7-13(12)21-15/h2-3,6,18H,4-5,7H2,1H3. The second-order valence-electron chi connectivity index (χ2n) is 5.19. The van der Waals surface area contributed by atoms with Gasteiger partial charge in [0.05, 0.1) is 10.7 Å². The number of aryl methyl sites for hydroxylation is 1. The van der Waals surface area contributed by atoms with Gasteiger partial charge in [-0.1, -0.05) is 34.5 Å². The average Bonchev–Trinajstić information content (AvgIpc) is 2.96. The number of imidazole rings is 1. The van der Waals surface area contributed by atoms with Gasteiger partial charge in [0.15, 0.2) is 4.96 Å². The molecule has 1 aliphatic rings. The van der Waals surface area contributed by atoms with Crippen LogP contribution in [0.2, 0.25) is 10.0 Å². The van der Waals surface area contributed by atoms with Gasteiger partial charge in [-0.2, -0.15) is 0 Å². The number of nitrogens with one attached hydrogen (secondary N) is 1. The van der Waals surface area contributed by atoms with Gasteiger partial charge >= 0.3 is 0 Å². The van der Waals surface area contributed by atoms with Gasteiger partial charge in [0.1, 0.15) is 0 Å². The average molecular weight is 338 g/mol. The molecular formula is C15H13Cl2N3S. The third-order valence-electron chi connectivity index (χ3n) is 3.89. The molecular weight excluding hydrogens is 325 g/mol. The molecule has 0 atom stereocenters. The first kappa shape index (κ1) is 13.6. The molecule has 0 amide bonds. The molecule has 0 fully saturated rings. The van der Waals surface area contributed by atoms with E-state index in [1.807, 2.05) is 12.1 Å². The summed E-state index contributed by atoms with van der Waals surface area (Å²) >= 11 is 14.1. The lowest BCUT2D eigenvalue weighted by molar-refractivity contribution is 0.636. The summed E-state index contributed by atoms with van der Waals surface area (Å²) in [6, 6.07) is 5.57. The molecule has 0 radical (unpaired) electrons. The normalized spacial score (nSPS) is 14.6. The van der Waals surface area contributed by atoms with Gasteiger partial charge in [0, 0.05) is 46.4 Å². The van der Waals surface area contributed by atoms with Crippen LogP contribution < -0.4 is 5.32 Å². The summed E-state index contributed by atoms with van der Waals surface area (Å²) < 4.78 is 2.28. The largest absolute Gasteiger partial charge is 0.311 e. The summed E-state index contributed by atoms with van der Waals surface area (Å²) in [6.07, 6.45) is 1.04. The minimum atomic E-state index is 0.644. The number of nitrogens with zero attached hydrogens (tertiary/aromatic N) is 2. The van der Waals surface area contributed by atoms with Crippen LogP contribution in [0.25, 0.3) is 16.2 Å². The maximum atomic E-state index is 6.33. The predicted octanol–water partition coefficient (Wildman–Crippen LogP) is 4.32. The summed E-state index contributed by atoms with van der Waals surface area (Å²) in [5.74, 6) is 0. The van der Waals surface area contributed by atoms with Gasteiger partial charge in [-0.15, -0.1) is 0 Å². The summed E-state index contributed by atoms with van der Waals surface area (Å²) in [7, 11) is 0. The van der Waals surface area contributed by atoms with Crippen molar-refractivity contribution in [2.24, 2.45) is 0 Å². The van der Waals surface area contributed by atoms with Crippen LogP contribution in [0.4, 0.5) is 0 Å². The first-order valence-electron chi connectivity index (χ1n) is 6.81. The molecule has 0 unspecified atom stereocenters. The van der Waals surface area contributed by atoms with Gasteiger partial charge < -0.3 is 5.32 Å². The van der Waals surface area contributed by atoms with Crippen LogP contribution in [0.15, 0.2) is 18.2 Å². The Morgan fingerprint density at radius 3 is 3.00 bits per heavy atom. The molecule has 3 heterocycles. The number of thiazole rings is 1. The lowest BCUT2D eigenvalue weighted by atomic mass is 10.1. The quantitative estimate of drug-likeness (QED) is 0.716. The van der Waals surface area contributed by atoms with E-state index >= 15 is 0 Å². The Kier molecular flexibility index (Phi) is 3.23. The van der Waals surface area contributed by atoms with Crippen molar-refractivity contribution < 1.29 is 0 Å². The van der Waals surface area contributed by atoms with Crippen molar-refractivity contribution in [1.29, 1.82) is 0 Å². The highest BCUT2D eigenvalue weighted by molar-refractivity contribution is 7.17. The molecule has 6 heteroatoms. The van der Waals surface area contributed by atoms with Crippen molar-refractivity contribution in [1.82, 2.24) is 14.7 Å². The minimum Gasteiger partial charge on any atom is -0.311 e. The molecule has 0 saturated heterocycles. The van der Waals surface area contributed by atoms with Crippen LogP contribution in [0.3, 0.4) is 0 Å². The molecule has 108 valence electrons. The van der Waals surface area contributed by atoms with E-state index in [0.717, 1.165) is 41.4 Å². The van der Waals surface area contributed by atoms with Crippen LogP contribution in [-0.4, -0.2) is 15.9 Å². The highest BCUT2D eigenvalue weighted by Gasteiger charge is 2.21. The molecule has 0 bridgehead atoms. The van der Waals surface area contributed by atoms with E-state index in [1.54, 1.807) is 17.4 Å². The van der Waals surface area contributed by atoms with Crippen LogP contribution in [0, 0.1) is 6.92 Å². The number of benzene rings is 1. The highest BCUT2D eigenvalue weighted by atomic mass is 35.5. The molecule has 3 aromatic rings. The van der Waals surface area contributed by atoms with Crippen LogP contribution in [-0.2, 0) is 13.0 Å². The summed E-state index contributed by atoms with van der Waals surface area (Å²) in [6.45, 7) is 4.07. The first-order valence-corrected chi connectivity index (χ1v) is 8.38. The third-order valence-corrected chi connectivity index (χ3v) is 5.52. The van der Waals surface area contributed by atoms with Gasteiger partial charge in [-0.05, 0) is 25.1 Å². The first-order chi connectivity index (χ1) is 10.1. The topological polar surface area (TPSA) is 29.3 Å². The van der Waals surface area contributed by atoms with Crippen molar-refractivity contribution in [3.8, 4) is 11.3 Å². The fraction of sp³-hybridized carbons (Fsp3) is 0.267. The Morgan fingerprint density at radius 2 is 2.19 bits per heavy atom. The maximum absolute atomic E-state index is 6.33. The zero-order chi connectivity index (χ0) is 14.6. The lowest BCUT2D eigenvalue weighted by Gasteiger charge is -2.13. The Bertz CT molecular complexity index is 850. The van der Waals surface area contributed by atoms with Gasteiger partial charge in [0.25, 0.3) is 0 Å². The highest BCUT2D eigenvalue weighted by Crippen LogP contribution is 2.35. The van der Waals surface area contributed by atoms with Crippen LogP contribution in [0.5, 0.6) is 0 Å². The lowest BCUT2D eigenvalue weighted by Crippen LogP contribution is -2.23. The zero-order valence-corrected chi connectivity index (χ0v) is 13.7. The van der Waals surface area contributed by atoms with Gasteiger partial charge in [0.2, 0.25) is 0 Å². The smallest absolute Gasteiger partial charge is 0.194 e. The van der Waals surface area contributed by atoms with Gasteiger partial charge in [-0.25, -0.2) is 4.98 Å². The van der Waals surface area contributed by atoms with E-state index in [9.17, 15) is 0 Å². The van der Waals surface area contributed by atoms with E-state index in [0.29, 0.717) is 10.0 Å². The molecule has 4 rings (SSSR count). The number of aromatic nitrogens is 2. The van der Waals surface area contributed by atoms with Crippen molar-refractivity contribution in [2.45, 2.75) is 19.9 Å². The van der Waals surface area contributed by atoms with Gasteiger partial charge in [-0.3, -0.25) is 4.40 Å². The SMILES string of the molecule is Cc1c(-c2ccc(Cl)cc2Cl)nc2sc3c(n12)CCNC3. The van der Waals surface area contributed by atoms with Crippen molar-refractivity contribution in [3.63, 3.8) is 0 Å². The minimum absolute atomic E-state index is 0.644. The zero-order valence-electron chi connectivity index (χ0n) is 11.4. The molecule has 2 aromatic heterocycles. The fourth-order valence-corrected chi connectivity index (χ4v) is 4.57. The Hall–Kier alpha value is -1.07. The summed E-state index contributed by atoms with van der Waals surface area (Å²) in [5, 5.41) is 4.70. The van der Waals surface area contributed by atoms with E-state index in [2.05, 4.69) is 16.6 Å². The number of halogens is 2. The van der Waals surface area contributed by atoms with Crippen LogP contribution >= 0.6 is 34.5 Å². The molecule has 1 aliphatic heterocycles. The molecule has 0 aliphatic carbocycles. The molecule has 0 saturated carbocycles. The molecule has 1 aromatic carbocycles. The van der Waals surface area contributed by atoms with E-state index < -0.39 is 0 Å². The van der Waals surface area contributed by atoms with E-state index in [-0.39, 0.29) is 0 Å². The van der Waals surface area contributed by atoms with E-state index in [1.165, 1.54) is 10.6 Å².